The molecule has 0 saturated heterocycles. The van der Waals surface area contributed by atoms with Crippen molar-refractivity contribution in [1.82, 2.24) is 0 Å². The Kier molecular flexibility index (Phi) is 4.99. The summed E-state index contributed by atoms with van der Waals surface area (Å²) < 4.78 is 13.2. The summed E-state index contributed by atoms with van der Waals surface area (Å²) in [4.78, 5) is 2.03. The van der Waals surface area contributed by atoms with Crippen LogP contribution in [-0.2, 0) is 13.0 Å². The summed E-state index contributed by atoms with van der Waals surface area (Å²) >= 11 is 6.30. The van der Waals surface area contributed by atoms with Gasteiger partial charge in [-0.2, -0.15) is 0 Å². The Morgan fingerprint density at radius 3 is 2.65 bits per heavy atom. The van der Waals surface area contributed by atoms with Crippen molar-refractivity contribution in [3.05, 3.63) is 64.4 Å². The van der Waals surface area contributed by atoms with Crippen LogP contribution in [0.4, 0.5) is 10.1 Å². The average Bonchev–Trinajstić information content (AvgIpc) is 2.39. The highest BCUT2D eigenvalue weighted by molar-refractivity contribution is 6.33. The first kappa shape index (κ1) is 14.8. The molecule has 2 rings (SSSR count). The monoisotopic (exact) mass is 292 g/mol. The van der Waals surface area contributed by atoms with Crippen LogP contribution in [0, 0.1) is 5.82 Å². The maximum Gasteiger partial charge on any atom is 0.123 e. The summed E-state index contributed by atoms with van der Waals surface area (Å²) in [5, 5.41) is 0.690. The first-order valence-corrected chi connectivity index (χ1v) is 6.92. The molecule has 2 aromatic rings. The lowest BCUT2D eigenvalue weighted by Gasteiger charge is -2.24. The van der Waals surface area contributed by atoms with Gasteiger partial charge in [-0.15, -0.1) is 0 Å². The second kappa shape index (κ2) is 6.73. The summed E-state index contributed by atoms with van der Waals surface area (Å²) in [6.45, 7) is 1.17. The first-order chi connectivity index (χ1) is 9.61. The molecule has 0 aliphatic heterocycles. The molecule has 106 valence electrons. The summed E-state index contributed by atoms with van der Waals surface area (Å²) in [6, 6.07) is 12.4. The highest BCUT2D eigenvalue weighted by Gasteiger charge is 2.12. The molecule has 0 amide bonds. The van der Waals surface area contributed by atoms with E-state index in [1.807, 2.05) is 36.2 Å². The largest absolute Gasteiger partial charge is 0.369 e. The van der Waals surface area contributed by atoms with Gasteiger partial charge >= 0.3 is 0 Å². The maximum absolute atomic E-state index is 13.2. The Morgan fingerprint density at radius 1 is 1.20 bits per heavy atom. The van der Waals surface area contributed by atoms with E-state index < -0.39 is 0 Å². The third-order valence-corrected chi connectivity index (χ3v) is 3.48. The van der Waals surface area contributed by atoms with Gasteiger partial charge in [-0.05, 0) is 42.3 Å². The van der Waals surface area contributed by atoms with E-state index in [4.69, 9.17) is 17.3 Å². The Morgan fingerprint density at radius 2 is 1.95 bits per heavy atom. The van der Waals surface area contributed by atoms with E-state index in [2.05, 4.69) is 0 Å². The molecule has 20 heavy (non-hydrogen) atoms. The van der Waals surface area contributed by atoms with Crippen LogP contribution < -0.4 is 10.6 Å². The molecule has 4 heteroatoms. The Bertz CT molecular complexity index is 586. The fraction of sp³-hybridized carbons (Fsp3) is 0.250. The van der Waals surface area contributed by atoms with E-state index >= 15 is 0 Å². The molecule has 0 atom stereocenters. The van der Waals surface area contributed by atoms with Crippen LogP contribution in [0.5, 0.6) is 0 Å². The van der Waals surface area contributed by atoms with Gasteiger partial charge in [-0.3, -0.25) is 0 Å². The standard InChI is InChI=1S/C16H18ClFN2/c1-20(11-12-4-2-6-14(18)10-12)16-13(8-9-19)5-3-7-15(16)17/h2-7,10H,8-9,11,19H2,1H3. The number of para-hydroxylation sites is 1. The topological polar surface area (TPSA) is 29.3 Å². The van der Waals surface area contributed by atoms with Gasteiger partial charge in [0.1, 0.15) is 5.82 Å². The number of nitrogens with two attached hydrogens (primary N) is 1. The normalized spacial score (nSPS) is 10.6. The molecular weight excluding hydrogens is 275 g/mol. The van der Waals surface area contributed by atoms with E-state index in [1.54, 1.807) is 6.07 Å². The van der Waals surface area contributed by atoms with Gasteiger partial charge in [0.25, 0.3) is 0 Å². The molecule has 0 fully saturated rings. The predicted molar refractivity (Wildman–Crippen MR) is 82.7 cm³/mol. The van der Waals surface area contributed by atoms with E-state index in [0.29, 0.717) is 18.1 Å². The Labute approximate surface area is 124 Å². The van der Waals surface area contributed by atoms with Crippen molar-refractivity contribution in [2.45, 2.75) is 13.0 Å². The number of anilines is 1. The molecule has 0 bridgehead atoms. The van der Waals surface area contributed by atoms with Gasteiger partial charge in [0.05, 0.1) is 10.7 Å². The van der Waals surface area contributed by atoms with Gasteiger partial charge in [0.2, 0.25) is 0 Å². The van der Waals surface area contributed by atoms with Crippen molar-refractivity contribution < 1.29 is 4.39 Å². The lowest BCUT2D eigenvalue weighted by molar-refractivity contribution is 0.625. The number of hydrogen-bond donors (Lipinski definition) is 1. The minimum Gasteiger partial charge on any atom is -0.369 e. The van der Waals surface area contributed by atoms with Crippen molar-refractivity contribution >= 4 is 17.3 Å². The molecule has 0 aliphatic carbocycles. The summed E-state index contributed by atoms with van der Waals surface area (Å²) in [7, 11) is 1.95. The number of halogens is 2. The first-order valence-electron chi connectivity index (χ1n) is 6.55. The van der Waals surface area contributed by atoms with Crippen LogP contribution in [-0.4, -0.2) is 13.6 Å². The molecule has 0 aliphatic rings. The van der Waals surface area contributed by atoms with Crippen LogP contribution in [0.2, 0.25) is 5.02 Å². The van der Waals surface area contributed by atoms with Crippen LogP contribution in [0.3, 0.4) is 0 Å². The number of hydrogen-bond acceptors (Lipinski definition) is 2. The van der Waals surface area contributed by atoms with Gasteiger partial charge in [0, 0.05) is 13.6 Å². The molecule has 2 aromatic carbocycles. The zero-order chi connectivity index (χ0) is 14.5. The average molecular weight is 293 g/mol. The van der Waals surface area contributed by atoms with Gasteiger partial charge < -0.3 is 10.6 Å². The SMILES string of the molecule is CN(Cc1cccc(F)c1)c1c(Cl)cccc1CCN. The predicted octanol–water partition coefficient (Wildman–Crippen LogP) is 3.62. The highest BCUT2D eigenvalue weighted by atomic mass is 35.5. The second-order valence-electron chi connectivity index (χ2n) is 4.77. The maximum atomic E-state index is 13.2. The Hall–Kier alpha value is -1.58. The molecule has 0 radical (unpaired) electrons. The molecule has 0 unspecified atom stereocenters. The fourth-order valence-corrected chi connectivity index (χ4v) is 2.67. The van der Waals surface area contributed by atoms with Crippen molar-refractivity contribution in [2.24, 2.45) is 5.73 Å². The summed E-state index contributed by atoms with van der Waals surface area (Å²) in [6.07, 6.45) is 0.767. The lowest BCUT2D eigenvalue weighted by atomic mass is 10.1. The van der Waals surface area contributed by atoms with E-state index in [-0.39, 0.29) is 5.82 Å². The highest BCUT2D eigenvalue weighted by Crippen LogP contribution is 2.30. The number of nitrogens with zero attached hydrogens (tertiary/aromatic N) is 1. The quantitative estimate of drug-likeness (QED) is 0.912. The summed E-state index contributed by atoms with van der Waals surface area (Å²) in [5.41, 5.74) is 8.62. The lowest BCUT2D eigenvalue weighted by Crippen LogP contribution is -2.19. The molecule has 0 saturated carbocycles. The van der Waals surface area contributed by atoms with E-state index in [0.717, 1.165) is 23.2 Å². The van der Waals surface area contributed by atoms with Crippen molar-refractivity contribution in [1.29, 1.82) is 0 Å². The molecule has 0 aromatic heterocycles. The van der Waals surface area contributed by atoms with Gasteiger partial charge in [-0.25, -0.2) is 4.39 Å². The smallest absolute Gasteiger partial charge is 0.123 e. The van der Waals surface area contributed by atoms with E-state index in [9.17, 15) is 4.39 Å². The molecule has 0 spiro atoms. The number of benzene rings is 2. The van der Waals surface area contributed by atoms with Crippen molar-refractivity contribution in [3.8, 4) is 0 Å². The minimum absolute atomic E-state index is 0.225. The zero-order valence-corrected chi connectivity index (χ0v) is 12.2. The van der Waals surface area contributed by atoms with E-state index in [1.165, 1.54) is 12.1 Å². The molecule has 0 heterocycles. The van der Waals surface area contributed by atoms with Crippen LogP contribution in [0.15, 0.2) is 42.5 Å². The number of rotatable bonds is 5. The van der Waals surface area contributed by atoms with Crippen LogP contribution in [0.25, 0.3) is 0 Å². The minimum atomic E-state index is -0.225. The third-order valence-electron chi connectivity index (χ3n) is 3.17. The molecule has 2 N–H and O–H groups in total. The fourth-order valence-electron chi connectivity index (χ4n) is 2.33. The van der Waals surface area contributed by atoms with Crippen molar-refractivity contribution in [3.63, 3.8) is 0 Å². The third kappa shape index (κ3) is 3.50. The Balaban J connectivity index is 2.26. The van der Waals surface area contributed by atoms with Crippen molar-refractivity contribution in [2.75, 3.05) is 18.5 Å². The zero-order valence-electron chi connectivity index (χ0n) is 11.4. The molecule has 2 nitrogen and oxygen atoms in total. The van der Waals surface area contributed by atoms with Gasteiger partial charge in [-0.1, -0.05) is 35.9 Å². The summed E-state index contributed by atoms with van der Waals surface area (Å²) in [5.74, 6) is -0.225. The second-order valence-corrected chi connectivity index (χ2v) is 5.18. The van der Waals surface area contributed by atoms with Gasteiger partial charge in [0.15, 0.2) is 0 Å². The molecular formula is C16H18ClFN2. The van der Waals surface area contributed by atoms with Crippen LogP contribution in [0.1, 0.15) is 11.1 Å². The van der Waals surface area contributed by atoms with Crippen LogP contribution >= 0.6 is 11.6 Å².